The van der Waals surface area contributed by atoms with Gasteiger partial charge in [0.2, 0.25) is 0 Å². The minimum atomic E-state index is 0. The van der Waals surface area contributed by atoms with Crippen LogP contribution in [0.5, 0.6) is 0 Å². The monoisotopic (exact) mass is 529 g/mol. The largest absolute Gasteiger partial charge is 0.381 e. The lowest BCUT2D eigenvalue weighted by molar-refractivity contribution is -0.0817. The molecule has 168 valence electrons. The van der Waals surface area contributed by atoms with Crippen LogP contribution in [0.2, 0.25) is 0 Å². The Morgan fingerprint density at radius 2 is 1.87 bits per heavy atom. The highest BCUT2D eigenvalue weighted by Gasteiger charge is 2.36. The lowest BCUT2D eigenvalue weighted by Gasteiger charge is -2.39. The Hall–Kier alpha value is -0.900. The Morgan fingerprint density at radius 3 is 2.57 bits per heavy atom. The second-order valence-corrected chi connectivity index (χ2v) is 8.34. The molecule has 3 aliphatic rings. The normalized spacial score (nSPS) is 26.8. The molecule has 1 aromatic rings. The van der Waals surface area contributed by atoms with Gasteiger partial charge in [0.1, 0.15) is 6.10 Å². The number of benzene rings is 1. The van der Waals surface area contributed by atoms with Crippen LogP contribution in [-0.4, -0.2) is 75.7 Å². The summed E-state index contributed by atoms with van der Waals surface area (Å²) in [5.74, 6) is 1.00. The van der Waals surface area contributed by atoms with Gasteiger partial charge < -0.3 is 24.4 Å². The Kier molecular flexibility index (Phi) is 9.22. The van der Waals surface area contributed by atoms with E-state index >= 15 is 0 Å². The van der Waals surface area contributed by atoms with E-state index in [9.17, 15) is 0 Å². The number of nitrogens with one attached hydrogen (secondary N) is 1. The zero-order chi connectivity index (χ0) is 19.9. The number of hydrogen-bond donors (Lipinski definition) is 1. The Morgan fingerprint density at radius 1 is 1.10 bits per heavy atom. The maximum atomic E-state index is 6.04. The molecule has 3 saturated heterocycles. The molecule has 0 saturated carbocycles. The molecule has 30 heavy (non-hydrogen) atoms. The van der Waals surface area contributed by atoms with Crippen molar-refractivity contribution in [2.45, 2.75) is 50.2 Å². The summed E-state index contributed by atoms with van der Waals surface area (Å²) in [6.07, 6.45) is 4.64. The van der Waals surface area contributed by atoms with Crippen LogP contribution in [0.15, 0.2) is 35.3 Å². The van der Waals surface area contributed by atoms with Crippen LogP contribution in [0.3, 0.4) is 0 Å². The predicted molar refractivity (Wildman–Crippen MR) is 130 cm³/mol. The van der Waals surface area contributed by atoms with Crippen LogP contribution in [-0.2, 0) is 19.6 Å². The third kappa shape index (κ3) is 5.66. The summed E-state index contributed by atoms with van der Waals surface area (Å²) < 4.78 is 17.6. The molecule has 2 unspecified atom stereocenters. The smallest absolute Gasteiger partial charge is 0.194 e. The number of ether oxygens (including phenoxy) is 3. The van der Waals surface area contributed by atoms with Crippen LogP contribution in [0.1, 0.15) is 38.2 Å². The zero-order valence-corrected chi connectivity index (χ0v) is 20.4. The van der Waals surface area contributed by atoms with Gasteiger partial charge in [-0.25, -0.2) is 0 Å². The first-order valence-electron chi connectivity index (χ1n) is 11.2. The van der Waals surface area contributed by atoms with Crippen molar-refractivity contribution in [3.05, 3.63) is 35.9 Å². The van der Waals surface area contributed by atoms with Crippen molar-refractivity contribution >= 4 is 29.9 Å². The van der Waals surface area contributed by atoms with Gasteiger partial charge in [-0.15, -0.1) is 24.0 Å². The molecule has 6 nitrogen and oxygen atoms in total. The topological polar surface area (TPSA) is 55.3 Å². The van der Waals surface area contributed by atoms with Gasteiger partial charge in [0, 0.05) is 44.9 Å². The first-order chi connectivity index (χ1) is 14.3. The highest BCUT2D eigenvalue weighted by atomic mass is 127. The number of nitrogens with zero attached hydrogens (tertiary/aromatic N) is 2. The van der Waals surface area contributed by atoms with Crippen LogP contribution in [0, 0.1) is 0 Å². The van der Waals surface area contributed by atoms with Gasteiger partial charge in [0.25, 0.3) is 0 Å². The minimum Gasteiger partial charge on any atom is -0.381 e. The molecule has 1 N–H and O–H groups in total. The molecular weight excluding hydrogens is 493 g/mol. The third-order valence-corrected chi connectivity index (χ3v) is 6.48. The van der Waals surface area contributed by atoms with Gasteiger partial charge in [-0.2, -0.15) is 0 Å². The molecule has 0 aliphatic carbocycles. The molecule has 3 fully saturated rings. The standard InChI is InChI=1S/C23H35N3O3.HI/c1-2-24-22(26-12-16-29-21(17-26)20-9-6-13-28-20)25-18-23(10-14-27-15-11-23)19-7-4-3-5-8-19;/h3-5,7-8,20-21H,2,6,9-18H2,1H3,(H,24,25);1H. The summed E-state index contributed by atoms with van der Waals surface area (Å²) >= 11 is 0. The number of rotatable bonds is 5. The van der Waals surface area contributed by atoms with Gasteiger partial charge in [-0.05, 0) is 38.2 Å². The molecule has 0 spiro atoms. The van der Waals surface area contributed by atoms with E-state index in [1.165, 1.54) is 5.56 Å². The molecule has 4 rings (SSSR count). The quantitative estimate of drug-likeness (QED) is 0.361. The highest BCUT2D eigenvalue weighted by molar-refractivity contribution is 14.0. The summed E-state index contributed by atoms with van der Waals surface area (Å²) in [6.45, 7) is 8.70. The first kappa shape index (κ1) is 23.8. The van der Waals surface area contributed by atoms with E-state index in [1.807, 2.05) is 0 Å². The molecule has 0 bridgehead atoms. The Bertz CT molecular complexity index is 661. The number of halogens is 1. The fourth-order valence-electron chi connectivity index (χ4n) is 4.73. The predicted octanol–water partition coefficient (Wildman–Crippen LogP) is 3.20. The van der Waals surface area contributed by atoms with E-state index in [0.717, 1.165) is 84.2 Å². The van der Waals surface area contributed by atoms with Crippen molar-refractivity contribution in [2.24, 2.45) is 4.99 Å². The maximum absolute atomic E-state index is 6.04. The van der Waals surface area contributed by atoms with E-state index in [1.54, 1.807) is 0 Å². The minimum absolute atomic E-state index is 0. The van der Waals surface area contributed by atoms with E-state index in [4.69, 9.17) is 19.2 Å². The average molecular weight is 529 g/mol. The third-order valence-electron chi connectivity index (χ3n) is 6.48. The molecule has 0 amide bonds. The van der Waals surface area contributed by atoms with E-state index in [-0.39, 0.29) is 41.6 Å². The molecular formula is C23H36IN3O3. The average Bonchev–Trinajstić information content (AvgIpc) is 3.33. The van der Waals surface area contributed by atoms with Crippen molar-refractivity contribution in [1.82, 2.24) is 10.2 Å². The highest BCUT2D eigenvalue weighted by Crippen LogP contribution is 2.35. The van der Waals surface area contributed by atoms with E-state index in [2.05, 4.69) is 47.5 Å². The molecule has 0 aromatic heterocycles. The summed E-state index contributed by atoms with van der Waals surface area (Å²) in [4.78, 5) is 7.51. The fraction of sp³-hybridized carbons (Fsp3) is 0.696. The van der Waals surface area contributed by atoms with Crippen LogP contribution in [0.4, 0.5) is 0 Å². The van der Waals surface area contributed by atoms with E-state index < -0.39 is 0 Å². The Balaban J connectivity index is 0.00000256. The second kappa shape index (κ2) is 11.6. The number of guanidine groups is 1. The summed E-state index contributed by atoms with van der Waals surface area (Å²) in [7, 11) is 0. The van der Waals surface area contributed by atoms with Crippen molar-refractivity contribution < 1.29 is 14.2 Å². The Labute approximate surface area is 197 Å². The summed E-state index contributed by atoms with van der Waals surface area (Å²) in [5.41, 5.74) is 1.43. The lowest BCUT2D eigenvalue weighted by atomic mass is 9.74. The summed E-state index contributed by atoms with van der Waals surface area (Å²) in [5, 5.41) is 3.52. The van der Waals surface area contributed by atoms with Crippen LogP contribution >= 0.6 is 24.0 Å². The molecule has 3 aliphatic heterocycles. The number of morpholine rings is 1. The zero-order valence-electron chi connectivity index (χ0n) is 18.1. The second-order valence-electron chi connectivity index (χ2n) is 8.34. The SMILES string of the molecule is CCNC(=NCC1(c2ccccc2)CCOCC1)N1CCOC(C2CCCO2)C1.I. The number of hydrogen-bond acceptors (Lipinski definition) is 4. The van der Waals surface area contributed by atoms with Gasteiger partial charge in [-0.3, -0.25) is 4.99 Å². The van der Waals surface area contributed by atoms with Crippen molar-refractivity contribution in [2.75, 3.05) is 52.6 Å². The van der Waals surface area contributed by atoms with E-state index in [0.29, 0.717) is 0 Å². The molecule has 3 heterocycles. The molecule has 1 aromatic carbocycles. The number of aliphatic imine (C=N–C) groups is 1. The van der Waals surface area contributed by atoms with Gasteiger partial charge >= 0.3 is 0 Å². The lowest BCUT2D eigenvalue weighted by Crippen LogP contribution is -2.53. The van der Waals surface area contributed by atoms with Crippen LogP contribution in [0.25, 0.3) is 0 Å². The van der Waals surface area contributed by atoms with Gasteiger partial charge in [0.05, 0.1) is 19.3 Å². The molecule has 7 heteroatoms. The van der Waals surface area contributed by atoms with Crippen molar-refractivity contribution in [3.63, 3.8) is 0 Å². The van der Waals surface area contributed by atoms with Crippen LogP contribution < -0.4 is 5.32 Å². The van der Waals surface area contributed by atoms with Gasteiger partial charge in [-0.1, -0.05) is 30.3 Å². The molecule has 0 radical (unpaired) electrons. The summed E-state index contributed by atoms with van der Waals surface area (Å²) in [6, 6.07) is 10.8. The van der Waals surface area contributed by atoms with Crippen molar-refractivity contribution in [1.29, 1.82) is 0 Å². The van der Waals surface area contributed by atoms with Crippen molar-refractivity contribution in [3.8, 4) is 0 Å². The first-order valence-corrected chi connectivity index (χ1v) is 11.2. The molecule has 2 atom stereocenters. The fourth-order valence-corrected chi connectivity index (χ4v) is 4.73. The maximum Gasteiger partial charge on any atom is 0.194 e. The van der Waals surface area contributed by atoms with Gasteiger partial charge in [0.15, 0.2) is 5.96 Å².